The molecule has 0 amide bonds. The zero-order valence-electron chi connectivity index (χ0n) is 12.0. The van der Waals surface area contributed by atoms with Crippen LogP contribution in [-0.2, 0) is 11.3 Å². The summed E-state index contributed by atoms with van der Waals surface area (Å²) in [6.45, 7) is 0.131. The van der Waals surface area contributed by atoms with Crippen molar-refractivity contribution in [2.45, 2.75) is 6.61 Å². The molecule has 1 heterocycles. The molecule has 0 saturated heterocycles. The Morgan fingerprint density at radius 2 is 1.76 bits per heavy atom. The number of rotatable bonds is 6. The number of esters is 1. The second kappa shape index (κ2) is 6.69. The van der Waals surface area contributed by atoms with E-state index >= 15 is 0 Å². The molecule has 0 spiro atoms. The minimum Gasteiger partial charge on any atom is -0.493 e. The molecule has 0 atom stereocenters. The second-order valence-corrected chi connectivity index (χ2v) is 4.12. The highest BCUT2D eigenvalue weighted by Gasteiger charge is 2.18. The summed E-state index contributed by atoms with van der Waals surface area (Å²) in [5, 5.41) is 0. The summed E-state index contributed by atoms with van der Waals surface area (Å²) < 4.78 is 25.7. The van der Waals surface area contributed by atoms with Crippen LogP contribution in [0.2, 0.25) is 0 Å². The van der Waals surface area contributed by atoms with Gasteiger partial charge in [-0.2, -0.15) is 0 Å². The highest BCUT2D eigenvalue weighted by Crippen LogP contribution is 2.38. The van der Waals surface area contributed by atoms with Crippen LogP contribution in [0.15, 0.2) is 35.1 Å². The van der Waals surface area contributed by atoms with E-state index in [1.165, 1.54) is 33.9 Å². The molecule has 0 aliphatic carbocycles. The predicted molar refractivity (Wildman–Crippen MR) is 73.9 cm³/mol. The van der Waals surface area contributed by atoms with E-state index < -0.39 is 5.97 Å². The lowest BCUT2D eigenvalue weighted by Gasteiger charge is -2.13. The molecule has 1 aromatic carbocycles. The van der Waals surface area contributed by atoms with E-state index in [0.717, 1.165) is 5.56 Å². The number of carbonyl (C=O) groups is 1. The molecule has 0 bridgehead atoms. The SMILES string of the molecule is COc1cc(C(=O)OCc2ccoc2)cc(OC)c1OC. The van der Waals surface area contributed by atoms with E-state index in [0.29, 0.717) is 22.8 Å². The number of furan rings is 1. The molecular formula is C15H16O6. The molecule has 0 fully saturated rings. The number of methoxy groups -OCH3 is 3. The predicted octanol–water partition coefficient (Wildman–Crippen LogP) is 2.66. The average Bonchev–Trinajstić information content (AvgIpc) is 3.04. The van der Waals surface area contributed by atoms with Crippen molar-refractivity contribution in [1.29, 1.82) is 0 Å². The van der Waals surface area contributed by atoms with Crippen LogP contribution in [0.1, 0.15) is 15.9 Å². The monoisotopic (exact) mass is 292 g/mol. The Labute approximate surface area is 122 Å². The highest BCUT2D eigenvalue weighted by molar-refractivity contribution is 5.91. The van der Waals surface area contributed by atoms with Crippen molar-refractivity contribution in [3.05, 3.63) is 41.9 Å². The van der Waals surface area contributed by atoms with E-state index in [-0.39, 0.29) is 6.61 Å². The van der Waals surface area contributed by atoms with Crippen molar-refractivity contribution in [3.63, 3.8) is 0 Å². The van der Waals surface area contributed by atoms with Crippen LogP contribution < -0.4 is 14.2 Å². The van der Waals surface area contributed by atoms with Gasteiger partial charge in [-0.3, -0.25) is 0 Å². The van der Waals surface area contributed by atoms with Crippen LogP contribution in [0.5, 0.6) is 17.2 Å². The van der Waals surface area contributed by atoms with E-state index in [1.54, 1.807) is 18.2 Å². The first-order valence-corrected chi connectivity index (χ1v) is 6.17. The normalized spacial score (nSPS) is 10.0. The van der Waals surface area contributed by atoms with Gasteiger partial charge in [0.15, 0.2) is 11.5 Å². The lowest BCUT2D eigenvalue weighted by atomic mass is 10.2. The van der Waals surface area contributed by atoms with E-state index in [4.69, 9.17) is 23.4 Å². The third kappa shape index (κ3) is 3.28. The van der Waals surface area contributed by atoms with Crippen LogP contribution in [0.4, 0.5) is 0 Å². The summed E-state index contributed by atoms with van der Waals surface area (Å²) in [7, 11) is 4.47. The molecular weight excluding hydrogens is 276 g/mol. The zero-order valence-corrected chi connectivity index (χ0v) is 12.0. The number of ether oxygens (including phenoxy) is 4. The van der Waals surface area contributed by atoms with Gasteiger partial charge >= 0.3 is 5.97 Å². The molecule has 6 heteroatoms. The minimum absolute atomic E-state index is 0.131. The number of carbonyl (C=O) groups excluding carboxylic acids is 1. The Morgan fingerprint density at radius 3 is 2.24 bits per heavy atom. The number of hydrogen-bond donors (Lipinski definition) is 0. The van der Waals surface area contributed by atoms with Crippen LogP contribution >= 0.6 is 0 Å². The number of benzene rings is 1. The maximum absolute atomic E-state index is 12.1. The van der Waals surface area contributed by atoms with E-state index in [9.17, 15) is 4.79 Å². The van der Waals surface area contributed by atoms with Crippen molar-refractivity contribution < 1.29 is 28.2 Å². The first-order valence-electron chi connectivity index (χ1n) is 6.17. The molecule has 6 nitrogen and oxygen atoms in total. The molecule has 0 aliphatic rings. The molecule has 2 rings (SSSR count). The van der Waals surface area contributed by atoms with Gasteiger partial charge in [-0.15, -0.1) is 0 Å². The van der Waals surface area contributed by atoms with Crippen LogP contribution in [0.25, 0.3) is 0 Å². The molecule has 2 aromatic rings. The maximum atomic E-state index is 12.1. The van der Waals surface area contributed by atoms with Gasteiger partial charge in [0, 0.05) is 5.56 Å². The van der Waals surface area contributed by atoms with E-state index in [1.807, 2.05) is 0 Å². The van der Waals surface area contributed by atoms with Crippen LogP contribution in [-0.4, -0.2) is 27.3 Å². The fourth-order valence-electron chi connectivity index (χ4n) is 1.81. The first kappa shape index (κ1) is 14.8. The largest absolute Gasteiger partial charge is 0.493 e. The highest BCUT2D eigenvalue weighted by atomic mass is 16.5. The van der Waals surface area contributed by atoms with Gasteiger partial charge in [0.1, 0.15) is 6.61 Å². The van der Waals surface area contributed by atoms with Crippen molar-refractivity contribution in [2.75, 3.05) is 21.3 Å². The fourth-order valence-corrected chi connectivity index (χ4v) is 1.81. The average molecular weight is 292 g/mol. The molecule has 112 valence electrons. The lowest BCUT2D eigenvalue weighted by Crippen LogP contribution is -2.06. The summed E-state index contributed by atoms with van der Waals surface area (Å²) >= 11 is 0. The quantitative estimate of drug-likeness (QED) is 0.762. The Hall–Kier alpha value is -2.63. The smallest absolute Gasteiger partial charge is 0.338 e. The molecule has 0 saturated carbocycles. The summed E-state index contributed by atoms with van der Waals surface area (Å²) in [5.41, 5.74) is 1.09. The Bertz CT molecular complexity index is 578. The Morgan fingerprint density at radius 1 is 1.10 bits per heavy atom. The van der Waals surface area contributed by atoms with Gasteiger partial charge in [-0.05, 0) is 18.2 Å². The third-order valence-electron chi connectivity index (χ3n) is 2.85. The Balaban J connectivity index is 2.20. The minimum atomic E-state index is -0.490. The zero-order chi connectivity index (χ0) is 15.2. The van der Waals surface area contributed by atoms with Gasteiger partial charge in [0.25, 0.3) is 0 Å². The van der Waals surface area contributed by atoms with Crippen molar-refractivity contribution >= 4 is 5.97 Å². The van der Waals surface area contributed by atoms with Gasteiger partial charge in [-0.25, -0.2) is 4.79 Å². The van der Waals surface area contributed by atoms with Gasteiger partial charge in [0.05, 0.1) is 39.4 Å². The topological polar surface area (TPSA) is 67.1 Å². The van der Waals surface area contributed by atoms with Crippen LogP contribution in [0, 0.1) is 0 Å². The molecule has 0 unspecified atom stereocenters. The molecule has 0 N–H and O–H groups in total. The molecule has 21 heavy (non-hydrogen) atoms. The summed E-state index contributed by atoms with van der Waals surface area (Å²) in [4.78, 5) is 12.1. The van der Waals surface area contributed by atoms with Gasteiger partial charge in [0.2, 0.25) is 5.75 Å². The second-order valence-electron chi connectivity index (χ2n) is 4.12. The number of hydrogen-bond acceptors (Lipinski definition) is 6. The summed E-state index contributed by atoms with van der Waals surface area (Å²) in [6.07, 6.45) is 3.03. The molecule has 0 aliphatic heterocycles. The van der Waals surface area contributed by atoms with Gasteiger partial charge in [-0.1, -0.05) is 0 Å². The fraction of sp³-hybridized carbons (Fsp3) is 0.267. The Kier molecular flexibility index (Phi) is 4.71. The maximum Gasteiger partial charge on any atom is 0.338 e. The first-order chi connectivity index (χ1) is 10.2. The van der Waals surface area contributed by atoms with Crippen molar-refractivity contribution in [2.24, 2.45) is 0 Å². The molecule has 0 radical (unpaired) electrons. The summed E-state index contributed by atoms with van der Waals surface area (Å²) in [5.74, 6) is 0.723. The standard InChI is InChI=1S/C15H16O6/c1-17-12-6-11(7-13(18-2)14(12)19-3)15(16)21-9-10-4-5-20-8-10/h4-8H,9H2,1-3H3. The molecule has 1 aromatic heterocycles. The van der Waals surface area contributed by atoms with Gasteiger partial charge < -0.3 is 23.4 Å². The lowest BCUT2D eigenvalue weighted by molar-refractivity contribution is 0.0471. The summed E-state index contributed by atoms with van der Waals surface area (Å²) in [6, 6.07) is 4.81. The third-order valence-corrected chi connectivity index (χ3v) is 2.85. The van der Waals surface area contributed by atoms with E-state index in [2.05, 4.69) is 0 Å². The van der Waals surface area contributed by atoms with Crippen molar-refractivity contribution in [1.82, 2.24) is 0 Å². The van der Waals surface area contributed by atoms with Crippen molar-refractivity contribution in [3.8, 4) is 17.2 Å². The van der Waals surface area contributed by atoms with Crippen LogP contribution in [0.3, 0.4) is 0 Å².